The maximum atomic E-state index is 10.7. The van der Waals surface area contributed by atoms with E-state index in [9.17, 15) is 10.1 Å². The average Bonchev–Trinajstić information content (AvgIpc) is 2.55. The molecule has 2 aromatic heterocycles. The van der Waals surface area contributed by atoms with Crippen LogP contribution in [-0.2, 0) is 6.42 Å². The number of nitro groups is 1. The highest BCUT2D eigenvalue weighted by Gasteiger charge is 2.13. The number of pyridine rings is 1. The molecule has 0 amide bonds. The number of hydrogen-bond acceptors (Lipinski definition) is 4. The fourth-order valence-corrected chi connectivity index (χ4v) is 1.75. The van der Waals surface area contributed by atoms with Gasteiger partial charge in [-0.3, -0.25) is 14.5 Å². The number of aromatic nitrogens is 2. The van der Waals surface area contributed by atoms with Gasteiger partial charge >= 0.3 is 0 Å². The summed E-state index contributed by atoms with van der Waals surface area (Å²) in [6.07, 6.45) is 2.17. The monoisotopic (exact) mass is 234 g/mol. The van der Waals surface area contributed by atoms with Crippen LogP contribution in [0.1, 0.15) is 19.5 Å². The van der Waals surface area contributed by atoms with Crippen LogP contribution in [0, 0.1) is 16.0 Å². The Hall–Kier alpha value is -2.11. The molecule has 0 saturated carbocycles. The topological polar surface area (TPSA) is 86.5 Å². The summed E-state index contributed by atoms with van der Waals surface area (Å²) in [4.78, 5) is 14.6. The number of nitrogens with two attached hydrogens (primary N) is 1. The molecule has 0 aliphatic heterocycles. The highest BCUT2D eigenvalue weighted by molar-refractivity contribution is 5.55. The van der Waals surface area contributed by atoms with E-state index in [1.165, 1.54) is 12.3 Å². The maximum absolute atomic E-state index is 10.7. The van der Waals surface area contributed by atoms with Crippen LogP contribution in [0.2, 0.25) is 0 Å². The third kappa shape index (κ3) is 2.06. The van der Waals surface area contributed by atoms with Crippen LogP contribution in [0.3, 0.4) is 0 Å². The zero-order chi connectivity index (χ0) is 12.6. The van der Waals surface area contributed by atoms with Crippen LogP contribution in [0.4, 0.5) is 11.5 Å². The molecule has 90 valence electrons. The number of fused-ring (bicyclic) bond motifs is 1. The van der Waals surface area contributed by atoms with E-state index in [1.807, 2.05) is 0 Å². The molecule has 17 heavy (non-hydrogen) atoms. The van der Waals surface area contributed by atoms with Gasteiger partial charge in [-0.25, -0.2) is 4.98 Å². The summed E-state index contributed by atoms with van der Waals surface area (Å²) >= 11 is 0. The fraction of sp³-hybridized carbons (Fsp3) is 0.364. The predicted molar refractivity (Wildman–Crippen MR) is 64.8 cm³/mol. The molecule has 0 aliphatic rings. The van der Waals surface area contributed by atoms with Crippen LogP contribution in [-0.4, -0.2) is 14.3 Å². The van der Waals surface area contributed by atoms with Crippen molar-refractivity contribution in [3.63, 3.8) is 0 Å². The molecule has 2 aromatic rings. The highest BCUT2D eigenvalue weighted by Crippen LogP contribution is 2.21. The summed E-state index contributed by atoms with van der Waals surface area (Å²) in [5.41, 5.74) is 7.38. The molecule has 0 aromatic carbocycles. The first-order valence-electron chi connectivity index (χ1n) is 5.40. The number of hydrogen-bond donors (Lipinski definition) is 1. The fourth-order valence-electron chi connectivity index (χ4n) is 1.75. The third-order valence-electron chi connectivity index (χ3n) is 2.53. The molecule has 0 fully saturated rings. The quantitative estimate of drug-likeness (QED) is 0.650. The molecule has 0 radical (unpaired) electrons. The summed E-state index contributed by atoms with van der Waals surface area (Å²) in [6, 6.07) is 3.04. The number of nitrogens with zero attached hydrogens (tertiary/aromatic N) is 3. The molecular weight excluding hydrogens is 220 g/mol. The minimum atomic E-state index is -0.443. The van der Waals surface area contributed by atoms with E-state index in [2.05, 4.69) is 18.8 Å². The first-order valence-corrected chi connectivity index (χ1v) is 5.40. The first-order chi connectivity index (χ1) is 7.99. The minimum absolute atomic E-state index is 0.0118. The van der Waals surface area contributed by atoms with E-state index in [0.29, 0.717) is 17.4 Å². The van der Waals surface area contributed by atoms with Crippen molar-refractivity contribution < 1.29 is 4.92 Å². The Balaban J connectivity index is 2.54. The zero-order valence-electron chi connectivity index (χ0n) is 9.75. The van der Waals surface area contributed by atoms with Gasteiger partial charge in [-0.2, -0.15) is 0 Å². The van der Waals surface area contributed by atoms with Gasteiger partial charge in [-0.1, -0.05) is 13.8 Å². The summed E-state index contributed by atoms with van der Waals surface area (Å²) in [5.74, 6) is 0.926. The third-order valence-corrected chi connectivity index (χ3v) is 2.53. The Morgan fingerprint density at radius 3 is 2.82 bits per heavy atom. The molecule has 6 heteroatoms. The Morgan fingerprint density at radius 1 is 1.53 bits per heavy atom. The zero-order valence-corrected chi connectivity index (χ0v) is 9.75. The molecule has 0 aliphatic carbocycles. The Morgan fingerprint density at radius 2 is 2.24 bits per heavy atom. The highest BCUT2D eigenvalue weighted by atomic mass is 16.6. The van der Waals surface area contributed by atoms with Crippen molar-refractivity contribution >= 4 is 17.2 Å². The molecule has 0 spiro atoms. The maximum Gasteiger partial charge on any atom is 0.286 e. The van der Waals surface area contributed by atoms with Gasteiger partial charge in [0.1, 0.15) is 11.5 Å². The average molecular weight is 234 g/mol. The molecule has 0 atom stereocenters. The minimum Gasteiger partial charge on any atom is -0.383 e. The lowest BCUT2D eigenvalue weighted by molar-refractivity contribution is -0.385. The number of nitrogen functional groups attached to an aromatic ring is 1. The molecule has 6 nitrogen and oxygen atoms in total. The molecule has 0 bridgehead atoms. The lowest BCUT2D eigenvalue weighted by atomic mass is 10.1. The molecule has 2 rings (SSSR count). The smallest absolute Gasteiger partial charge is 0.286 e. The van der Waals surface area contributed by atoms with Crippen molar-refractivity contribution in [1.82, 2.24) is 9.38 Å². The second-order valence-corrected chi connectivity index (χ2v) is 4.41. The van der Waals surface area contributed by atoms with Crippen LogP contribution >= 0.6 is 0 Å². The molecule has 2 heterocycles. The van der Waals surface area contributed by atoms with Gasteiger partial charge in [0.25, 0.3) is 5.69 Å². The molecule has 0 unspecified atom stereocenters. The van der Waals surface area contributed by atoms with Crippen molar-refractivity contribution in [2.75, 3.05) is 5.73 Å². The summed E-state index contributed by atoms with van der Waals surface area (Å²) < 4.78 is 1.57. The van der Waals surface area contributed by atoms with Crippen LogP contribution in [0.5, 0.6) is 0 Å². The van der Waals surface area contributed by atoms with Gasteiger partial charge in [0.15, 0.2) is 0 Å². The summed E-state index contributed by atoms with van der Waals surface area (Å²) in [6.45, 7) is 4.15. The van der Waals surface area contributed by atoms with E-state index in [-0.39, 0.29) is 5.69 Å². The lowest BCUT2D eigenvalue weighted by Gasteiger charge is -2.01. The second kappa shape index (κ2) is 4.04. The molecule has 0 saturated heterocycles. The number of rotatable bonds is 3. The predicted octanol–water partition coefficient (Wildman–Crippen LogP) is 2.02. The molecule has 2 N–H and O–H groups in total. The van der Waals surface area contributed by atoms with Crippen LogP contribution < -0.4 is 5.73 Å². The van der Waals surface area contributed by atoms with Crippen molar-refractivity contribution in [2.45, 2.75) is 20.3 Å². The van der Waals surface area contributed by atoms with E-state index >= 15 is 0 Å². The van der Waals surface area contributed by atoms with E-state index in [1.54, 1.807) is 10.5 Å². The van der Waals surface area contributed by atoms with E-state index < -0.39 is 4.92 Å². The first kappa shape index (κ1) is 11.4. The Bertz CT molecular complexity index is 574. The van der Waals surface area contributed by atoms with Crippen LogP contribution in [0.15, 0.2) is 18.3 Å². The normalized spacial score (nSPS) is 11.2. The lowest BCUT2D eigenvalue weighted by Crippen LogP contribution is -2.00. The summed E-state index contributed by atoms with van der Waals surface area (Å²) in [7, 11) is 0. The van der Waals surface area contributed by atoms with Gasteiger partial charge < -0.3 is 5.73 Å². The van der Waals surface area contributed by atoms with Gasteiger partial charge in [0, 0.05) is 6.07 Å². The second-order valence-electron chi connectivity index (χ2n) is 4.41. The van der Waals surface area contributed by atoms with Gasteiger partial charge in [-0.05, 0) is 18.4 Å². The van der Waals surface area contributed by atoms with Gasteiger partial charge in [-0.15, -0.1) is 0 Å². The SMILES string of the molecule is CC(C)Cc1nc2ccc([N+](=O)[O-])cn2c1N. The summed E-state index contributed by atoms with van der Waals surface area (Å²) in [5, 5.41) is 10.7. The Labute approximate surface area is 98.2 Å². The van der Waals surface area contributed by atoms with Gasteiger partial charge in [0.05, 0.1) is 16.8 Å². The van der Waals surface area contributed by atoms with Crippen molar-refractivity contribution in [1.29, 1.82) is 0 Å². The van der Waals surface area contributed by atoms with E-state index in [4.69, 9.17) is 5.73 Å². The van der Waals surface area contributed by atoms with Crippen molar-refractivity contribution in [3.05, 3.63) is 34.1 Å². The largest absolute Gasteiger partial charge is 0.383 e. The van der Waals surface area contributed by atoms with E-state index in [0.717, 1.165) is 12.1 Å². The van der Waals surface area contributed by atoms with Crippen molar-refractivity contribution in [2.24, 2.45) is 5.92 Å². The number of anilines is 1. The standard InChI is InChI=1S/C11H14N4O2/c1-7(2)5-9-11(12)14-6-8(15(16)17)3-4-10(14)13-9/h3-4,6-7H,5,12H2,1-2H3. The van der Waals surface area contributed by atoms with Crippen molar-refractivity contribution in [3.8, 4) is 0 Å². The van der Waals surface area contributed by atoms with Gasteiger partial charge in [0.2, 0.25) is 0 Å². The number of imidazole rings is 1. The molecular formula is C11H14N4O2. The van der Waals surface area contributed by atoms with Crippen LogP contribution in [0.25, 0.3) is 5.65 Å². The Kier molecular flexibility index (Phi) is 2.71.